The highest BCUT2D eigenvalue weighted by atomic mass is 35.5. The SMILES string of the molecule is CC1(C)CC2CC(C)(CN2S(=O)(=O)c2cnc(Cl)nc2)C1. The lowest BCUT2D eigenvalue weighted by molar-refractivity contribution is 0.133. The molecule has 2 unspecified atom stereocenters. The maximum absolute atomic E-state index is 12.8. The number of aromatic nitrogens is 2. The van der Waals surface area contributed by atoms with Crippen LogP contribution in [-0.4, -0.2) is 35.3 Å². The van der Waals surface area contributed by atoms with E-state index >= 15 is 0 Å². The predicted molar refractivity (Wildman–Crippen MR) is 80.5 cm³/mol. The van der Waals surface area contributed by atoms with Crippen LogP contribution in [0.3, 0.4) is 0 Å². The average molecular weight is 330 g/mol. The molecule has 0 radical (unpaired) electrons. The van der Waals surface area contributed by atoms with Gasteiger partial charge in [0.05, 0.1) is 12.4 Å². The van der Waals surface area contributed by atoms with Crippen LogP contribution in [0.15, 0.2) is 17.3 Å². The van der Waals surface area contributed by atoms with E-state index in [0.29, 0.717) is 6.54 Å². The minimum atomic E-state index is -3.55. The minimum Gasteiger partial charge on any atom is -0.225 e. The Kier molecular flexibility index (Phi) is 3.35. The molecule has 1 aromatic heterocycles. The van der Waals surface area contributed by atoms with Crippen molar-refractivity contribution in [1.82, 2.24) is 14.3 Å². The standard InChI is InChI=1S/C14H20ClN3O2S/c1-13(2)4-10-5-14(3,8-13)9-18(10)21(19,20)11-6-16-12(15)17-7-11/h6-7,10H,4-5,8-9H2,1-3H3. The van der Waals surface area contributed by atoms with Gasteiger partial charge in [-0.15, -0.1) is 0 Å². The molecule has 1 saturated heterocycles. The summed E-state index contributed by atoms with van der Waals surface area (Å²) >= 11 is 5.64. The second kappa shape index (κ2) is 4.64. The molecule has 0 amide bonds. The van der Waals surface area contributed by atoms with Gasteiger partial charge >= 0.3 is 0 Å². The topological polar surface area (TPSA) is 63.2 Å². The van der Waals surface area contributed by atoms with E-state index in [2.05, 4.69) is 30.7 Å². The zero-order chi connectivity index (χ0) is 15.5. The van der Waals surface area contributed by atoms with Gasteiger partial charge in [-0.1, -0.05) is 20.8 Å². The second-order valence-corrected chi connectivity index (χ2v) is 9.68. The van der Waals surface area contributed by atoms with Gasteiger partial charge in [-0.2, -0.15) is 4.31 Å². The van der Waals surface area contributed by atoms with Crippen LogP contribution in [0.25, 0.3) is 0 Å². The number of hydrogen-bond acceptors (Lipinski definition) is 4. The molecule has 7 heteroatoms. The van der Waals surface area contributed by atoms with Crippen molar-refractivity contribution in [3.8, 4) is 0 Å². The first-order valence-electron chi connectivity index (χ1n) is 7.11. The summed E-state index contributed by atoms with van der Waals surface area (Å²) in [6, 6.07) is 0.0689. The van der Waals surface area contributed by atoms with Crippen LogP contribution < -0.4 is 0 Å². The molecule has 1 aliphatic heterocycles. The molecular weight excluding hydrogens is 310 g/mol. The average Bonchev–Trinajstić information content (AvgIpc) is 2.59. The van der Waals surface area contributed by atoms with Gasteiger partial charge in [0.1, 0.15) is 4.90 Å². The number of rotatable bonds is 2. The number of fused-ring (bicyclic) bond motifs is 2. The smallest absolute Gasteiger partial charge is 0.225 e. The van der Waals surface area contributed by atoms with Crippen molar-refractivity contribution in [2.45, 2.75) is 51.0 Å². The first-order chi connectivity index (χ1) is 9.61. The molecule has 2 atom stereocenters. The predicted octanol–water partition coefficient (Wildman–Crippen LogP) is 2.72. The molecule has 3 rings (SSSR count). The summed E-state index contributed by atoms with van der Waals surface area (Å²) in [7, 11) is -3.55. The van der Waals surface area contributed by atoms with E-state index in [9.17, 15) is 8.42 Å². The Morgan fingerprint density at radius 2 is 1.86 bits per heavy atom. The van der Waals surface area contributed by atoms with E-state index in [4.69, 9.17) is 11.6 Å². The molecule has 2 fully saturated rings. The first kappa shape index (κ1) is 15.2. The summed E-state index contributed by atoms with van der Waals surface area (Å²) in [6.07, 6.45) is 5.47. The monoisotopic (exact) mass is 329 g/mol. The summed E-state index contributed by atoms with van der Waals surface area (Å²) in [5.41, 5.74) is 0.241. The molecule has 2 bridgehead atoms. The Hall–Kier alpha value is -0.720. The van der Waals surface area contributed by atoms with Crippen molar-refractivity contribution in [3.05, 3.63) is 17.7 Å². The molecule has 0 N–H and O–H groups in total. The van der Waals surface area contributed by atoms with E-state index in [1.165, 1.54) is 12.4 Å². The normalized spacial score (nSPS) is 32.3. The van der Waals surface area contributed by atoms with Crippen molar-refractivity contribution in [2.75, 3.05) is 6.54 Å². The van der Waals surface area contributed by atoms with Crippen LogP contribution in [0.4, 0.5) is 0 Å². The lowest BCUT2D eigenvalue weighted by atomic mass is 9.65. The zero-order valence-corrected chi connectivity index (χ0v) is 14.1. The van der Waals surface area contributed by atoms with Gasteiger partial charge < -0.3 is 0 Å². The second-order valence-electron chi connectivity index (χ2n) is 7.45. The molecule has 1 aromatic rings. The molecular formula is C14H20ClN3O2S. The van der Waals surface area contributed by atoms with E-state index in [0.717, 1.165) is 19.3 Å². The van der Waals surface area contributed by atoms with Crippen LogP contribution in [0, 0.1) is 10.8 Å². The zero-order valence-electron chi connectivity index (χ0n) is 12.5. The highest BCUT2D eigenvalue weighted by molar-refractivity contribution is 7.89. The number of halogens is 1. The third-order valence-corrected chi connectivity index (χ3v) is 6.62. The van der Waals surface area contributed by atoms with Crippen molar-refractivity contribution >= 4 is 21.6 Å². The highest BCUT2D eigenvalue weighted by Crippen LogP contribution is 2.53. The van der Waals surface area contributed by atoms with Crippen molar-refractivity contribution in [3.63, 3.8) is 0 Å². The van der Waals surface area contributed by atoms with Crippen LogP contribution in [0.1, 0.15) is 40.0 Å². The number of nitrogens with zero attached hydrogens (tertiary/aromatic N) is 3. The molecule has 21 heavy (non-hydrogen) atoms. The fourth-order valence-corrected chi connectivity index (χ4v) is 6.02. The van der Waals surface area contributed by atoms with Gasteiger partial charge in [-0.25, -0.2) is 18.4 Å². The van der Waals surface area contributed by atoms with Crippen LogP contribution in [0.2, 0.25) is 5.28 Å². The van der Waals surface area contributed by atoms with Crippen molar-refractivity contribution in [2.24, 2.45) is 10.8 Å². The molecule has 0 aromatic carbocycles. The molecule has 116 valence electrons. The van der Waals surface area contributed by atoms with Gasteiger partial charge in [-0.3, -0.25) is 0 Å². The summed E-state index contributed by atoms with van der Waals surface area (Å²) in [5, 5.41) is 0.0576. The lowest BCUT2D eigenvalue weighted by Crippen LogP contribution is -2.37. The van der Waals surface area contributed by atoms with Gasteiger partial charge in [0.15, 0.2) is 0 Å². The quantitative estimate of drug-likeness (QED) is 0.783. The van der Waals surface area contributed by atoms with Crippen LogP contribution >= 0.6 is 11.6 Å². The molecule has 0 spiro atoms. The van der Waals surface area contributed by atoms with Crippen molar-refractivity contribution < 1.29 is 8.42 Å². The number of hydrogen-bond donors (Lipinski definition) is 0. The van der Waals surface area contributed by atoms with E-state index in [-0.39, 0.29) is 27.1 Å². The molecule has 5 nitrogen and oxygen atoms in total. The molecule has 1 saturated carbocycles. The maximum atomic E-state index is 12.8. The van der Waals surface area contributed by atoms with Gasteiger partial charge in [-0.05, 0) is 41.7 Å². The van der Waals surface area contributed by atoms with Gasteiger partial charge in [0.2, 0.25) is 15.3 Å². The lowest BCUT2D eigenvalue weighted by Gasteiger charge is -2.39. The fraction of sp³-hybridized carbons (Fsp3) is 0.714. The third kappa shape index (κ3) is 2.69. The Morgan fingerprint density at radius 1 is 1.24 bits per heavy atom. The summed E-state index contributed by atoms with van der Waals surface area (Å²) < 4.78 is 27.3. The van der Waals surface area contributed by atoms with Crippen LogP contribution in [-0.2, 0) is 10.0 Å². The Morgan fingerprint density at radius 3 is 2.48 bits per heavy atom. The molecule has 2 aliphatic rings. The van der Waals surface area contributed by atoms with Gasteiger partial charge in [0.25, 0.3) is 0 Å². The maximum Gasteiger partial charge on any atom is 0.246 e. The van der Waals surface area contributed by atoms with E-state index in [1.807, 2.05) is 0 Å². The largest absolute Gasteiger partial charge is 0.246 e. The fourth-order valence-electron chi connectivity index (χ4n) is 4.26. The Balaban J connectivity index is 1.96. The summed E-state index contributed by atoms with van der Waals surface area (Å²) in [5.74, 6) is 0. The number of sulfonamides is 1. The van der Waals surface area contributed by atoms with Crippen molar-refractivity contribution in [1.29, 1.82) is 0 Å². The molecule has 2 heterocycles. The van der Waals surface area contributed by atoms with E-state index < -0.39 is 10.0 Å². The molecule has 1 aliphatic carbocycles. The minimum absolute atomic E-state index is 0.0576. The Bertz CT molecular complexity index is 659. The summed E-state index contributed by atoms with van der Waals surface area (Å²) in [4.78, 5) is 7.72. The Labute approximate surface area is 130 Å². The first-order valence-corrected chi connectivity index (χ1v) is 8.93. The van der Waals surface area contributed by atoms with Crippen LogP contribution in [0.5, 0.6) is 0 Å². The third-order valence-electron chi connectivity index (χ3n) is 4.57. The van der Waals surface area contributed by atoms with Gasteiger partial charge in [0, 0.05) is 12.6 Å². The highest BCUT2D eigenvalue weighted by Gasteiger charge is 2.53. The van der Waals surface area contributed by atoms with E-state index in [1.54, 1.807) is 4.31 Å². The summed E-state index contributed by atoms with van der Waals surface area (Å²) in [6.45, 7) is 7.21.